The van der Waals surface area contributed by atoms with Gasteiger partial charge in [-0.1, -0.05) is 60.7 Å². The van der Waals surface area contributed by atoms with Gasteiger partial charge in [0.2, 0.25) is 5.91 Å². The van der Waals surface area contributed by atoms with Crippen molar-refractivity contribution in [2.75, 3.05) is 16.8 Å². The molecule has 3 aromatic carbocycles. The lowest BCUT2D eigenvalue weighted by atomic mass is 10.0. The fourth-order valence-electron chi connectivity index (χ4n) is 3.58. The highest BCUT2D eigenvalue weighted by molar-refractivity contribution is 6.01. The summed E-state index contributed by atoms with van der Waals surface area (Å²) in [5.41, 5.74) is 3.79. The zero-order valence-corrected chi connectivity index (χ0v) is 16.0. The number of carbonyl (C=O) groups is 2. The van der Waals surface area contributed by atoms with Crippen molar-refractivity contribution in [3.05, 3.63) is 84.9 Å². The van der Waals surface area contributed by atoms with Gasteiger partial charge in [-0.3, -0.25) is 4.79 Å². The number of carbonyl (C=O) groups excluding carboxylic acids is 2. The van der Waals surface area contributed by atoms with E-state index in [1.807, 2.05) is 72.8 Å². The molecule has 1 atom stereocenters. The van der Waals surface area contributed by atoms with Crippen LogP contribution in [-0.2, 0) is 4.79 Å². The molecule has 2 N–H and O–H groups in total. The average molecular weight is 385 g/mol. The maximum atomic E-state index is 13.0. The van der Waals surface area contributed by atoms with Crippen LogP contribution in [0.15, 0.2) is 84.9 Å². The Kier molecular flexibility index (Phi) is 5.56. The molecule has 1 heterocycles. The summed E-state index contributed by atoms with van der Waals surface area (Å²) in [5, 5.41) is 5.58. The van der Waals surface area contributed by atoms with Crippen molar-refractivity contribution in [3.63, 3.8) is 0 Å². The zero-order chi connectivity index (χ0) is 20.1. The van der Waals surface area contributed by atoms with Gasteiger partial charge in [0.1, 0.15) is 6.04 Å². The number of nitrogens with one attached hydrogen (secondary N) is 2. The summed E-state index contributed by atoms with van der Waals surface area (Å²) in [5.74, 6) is -0.0769. The SMILES string of the molecule is O=C(Nc1ccccc1)N[C@H]1CCCN(c2ccc(-c3ccccc3)cc2)C1=O. The molecule has 1 fully saturated rings. The molecule has 29 heavy (non-hydrogen) atoms. The Morgan fingerprint density at radius 2 is 1.45 bits per heavy atom. The van der Waals surface area contributed by atoms with Gasteiger partial charge in [-0.05, 0) is 48.2 Å². The van der Waals surface area contributed by atoms with E-state index in [2.05, 4.69) is 22.8 Å². The minimum Gasteiger partial charge on any atom is -0.326 e. The average Bonchev–Trinajstić information content (AvgIpc) is 2.77. The van der Waals surface area contributed by atoms with Crippen molar-refractivity contribution in [2.45, 2.75) is 18.9 Å². The monoisotopic (exact) mass is 385 g/mol. The molecule has 146 valence electrons. The van der Waals surface area contributed by atoms with E-state index in [0.717, 1.165) is 23.2 Å². The van der Waals surface area contributed by atoms with Crippen molar-refractivity contribution in [1.29, 1.82) is 0 Å². The Balaban J connectivity index is 1.42. The number of benzene rings is 3. The normalized spacial score (nSPS) is 16.3. The maximum absolute atomic E-state index is 13.0. The smallest absolute Gasteiger partial charge is 0.319 e. The standard InChI is InChI=1S/C24H23N3O2/c28-23-22(26-24(29)25-20-10-5-2-6-11-20)12-7-17-27(23)21-15-13-19(14-16-21)18-8-3-1-4-9-18/h1-6,8-11,13-16,22H,7,12,17H2,(H2,25,26,29)/t22-/m0/s1. The summed E-state index contributed by atoms with van der Waals surface area (Å²) in [4.78, 5) is 27.0. The molecular weight excluding hydrogens is 362 g/mol. The van der Waals surface area contributed by atoms with Crippen molar-refractivity contribution in [1.82, 2.24) is 5.32 Å². The molecule has 3 amide bonds. The van der Waals surface area contributed by atoms with Gasteiger partial charge in [-0.2, -0.15) is 0 Å². The van der Waals surface area contributed by atoms with Crippen LogP contribution in [0.2, 0.25) is 0 Å². The lowest BCUT2D eigenvalue weighted by molar-refractivity contribution is -0.121. The second-order valence-electron chi connectivity index (χ2n) is 7.06. The molecule has 0 unspecified atom stereocenters. The molecule has 0 radical (unpaired) electrons. The number of anilines is 2. The summed E-state index contributed by atoms with van der Waals surface area (Å²) < 4.78 is 0. The zero-order valence-electron chi connectivity index (χ0n) is 16.0. The van der Waals surface area contributed by atoms with Gasteiger partial charge in [0.25, 0.3) is 0 Å². The number of rotatable bonds is 4. The molecule has 0 bridgehead atoms. The highest BCUT2D eigenvalue weighted by Gasteiger charge is 2.30. The number of nitrogens with zero attached hydrogens (tertiary/aromatic N) is 1. The predicted molar refractivity (Wildman–Crippen MR) is 116 cm³/mol. The lowest BCUT2D eigenvalue weighted by Gasteiger charge is -2.32. The van der Waals surface area contributed by atoms with Crippen LogP contribution >= 0.6 is 0 Å². The molecule has 1 saturated heterocycles. The number of urea groups is 1. The summed E-state index contributed by atoms with van der Waals surface area (Å²) in [6, 6.07) is 26.4. The van der Waals surface area contributed by atoms with Gasteiger partial charge >= 0.3 is 6.03 Å². The first-order valence-corrected chi connectivity index (χ1v) is 9.80. The van der Waals surface area contributed by atoms with E-state index in [-0.39, 0.29) is 11.9 Å². The van der Waals surface area contributed by atoms with E-state index in [1.165, 1.54) is 0 Å². The van der Waals surface area contributed by atoms with Crippen LogP contribution in [0.5, 0.6) is 0 Å². The van der Waals surface area contributed by atoms with E-state index < -0.39 is 6.04 Å². The van der Waals surface area contributed by atoms with Crippen molar-refractivity contribution >= 4 is 23.3 Å². The first-order chi connectivity index (χ1) is 14.2. The molecule has 0 saturated carbocycles. The van der Waals surface area contributed by atoms with Crippen LogP contribution in [0, 0.1) is 0 Å². The van der Waals surface area contributed by atoms with E-state index in [1.54, 1.807) is 4.90 Å². The van der Waals surface area contributed by atoms with Crippen molar-refractivity contribution in [3.8, 4) is 11.1 Å². The third-order valence-corrected chi connectivity index (χ3v) is 5.06. The summed E-state index contributed by atoms with van der Waals surface area (Å²) >= 11 is 0. The second kappa shape index (κ2) is 8.61. The summed E-state index contributed by atoms with van der Waals surface area (Å²) in [7, 11) is 0. The molecule has 3 aromatic rings. The molecule has 0 spiro atoms. The molecule has 1 aliphatic rings. The van der Waals surface area contributed by atoms with Gasteiger partial charge in [-0.25, -0.2) is 4.79 Å². The molecule has 0 aromatic heterocycles. The number of piperidine rings is 1. The van der Waals surface area contributed by atoms with E-state index in [0.29, 0.717) is 18.7 Å². The van der Waals surface area contributed by atoms with Gasteiger partial charge in [-0.15, -0.1) is 0 Å². The Morgan fingerprint density at radius 3 is 2.14 bits per heavy atom. The maximum Gasteiger partial charge on any atom is 0.319 e. The minimum absolute atomic E-state index is 0.0769. The molecule has 5 heteroatoms. The van der Waals surface area contributed by atoms with Crippen molar-refractivity contribution < 1.29 is 9.59 Å². The van der Waals surface area contributed by atoms with Gasteiger partial charge in [0.15, 0.2) is 0 Å². The number of amides is 3. The Hall–Kier alpha value is -3.60. The van der Waals surface area contributed by atoms with Crippen LogP contribution in [0.25, 0.3) is 11.1 Å². The first kappa shape index (κ1) is 18.7. The van der Waals surface area contributed by atoms with Crippen molar-refractivity contribution in [2.24, 2.45) is 0 Å². The first-order valence-electron chi connectivity index (χ1n) is 9.80. The molecular formula is C24H23N3O2. The Bertz CT molecular complexity index is 972. The van der Waals surface area contributed by atoms with E-state index >= 15 is 0 Å². The minimum atomic E-state index is -0.527. The Labute approximate surface area is 170 Å². The number of para-hydroxylation sites is 1. The fraction of sp³-hybridized carbons (Fsp3) is 0.167. The van der Waals surface area contributed by atoms with Gasteiger partial charge in [0, 0.05) is 17.9 Å². The third-order valence-electron chi connectivity index (χ3n) is 5.06. The van der Waals surface area contributed by atoms with Crippen LogP contribution in [-0.4, -0.2) is 24.5 Å². The highest BCUT2D eigenvalue weighted by atomic mass is 16.2. The summed E-state index contributed by atoms with van der Waals surface area (Å²) in [6.07, 6.45) is 1.47. The molecule has 1 aliphatic heterocycles. The Morgan fingerprint density at radius 1 is 0.828 bits per heavy atom. The van der Waals surface area contributed by atoms with E-state index in [4.69, 9.17) is 0 Å². The highest BCUT2D eigenvalue weighted by Crippen LogP contribution is 2.25. The molecule has 5 nitrogen and oxygen atoms in total. The molecule has 0 aliphatic carbocycles. The molecule has 4 rings (SSSR count). The third kappa shape index (κ3) is 4.46. The van der Waals surface area contributed by atoms with Gasteiger partial charge in [0.05, 0.1) is 0 Å². The quantitative estimate of drug-likeness (QED) is 0.686. The van der Waals surface area contributed by atoms with Crippen LogP contribution in [0.4, 0.5) is 16.2 Å². The second-order valence-corrected chi connectivity index (χ2v) is 7.06. The predicted octanol–water partition coefficient (Wildman–Crippen LogP) is 4.67. The topological polar surface area (TPSA) is 61.4 Å². The number of hydrogen-bond acceptors (Lipinski definition) is 2. The van der Waals surface area contributed by atoms with E-state index in [9.17, 15) is 9.59 Å². The van der Waals surface area contributed by atoms with Crippen LogP contribution in [0.1, 0.15) is 12.8 Å². The van der Waals surface area contributed by atoms with Crippen LogP contribution in [0.3, 0.4) is 0 Å². The van der Waals surface area contributed by atoms with Crippen LogP contribution < -0.4 is 15.5 Å². The largest absolute Gasteiger partial charge is 0.326 e. The lowest BCUT2D eigenvalue weighted by Crippen LogP contribution is -2.53. The van der Waals surface area contributed by atoms with Gasteiger partial charge < -0.3 is 15.5 Å². The fourth-order valence-corrected chi connectivity index (χ4v) is 3.58. The number of hydrogen-bond donors (Lipinski definition) is 2. The summed E-state index contributed by atoms with van der Waals surface area (Å²) in [6.45, 7) is 0.655.